The van der Waals surface area contributed by atoms with E-state index >= 15 is 0 Å². The number of rotatable bonds is 8. The van der Waals surface area contributed by atoms with Crippen molar-refractivity contribution >= 4 is 17.6 Å². The molecule has 0 heterocycles. The number of aromatic hydroxyl groups is 1. The third-order valence-electron chi connectivity index (χ3n) is 4.94. The van der Waals surface area contributed by atoms with Crippen molar-refractivity contribution in [2.24, 2.45) is 5.18 Å². The summed E-state index contributed by atoms with van der Waals surface area (Å²) in [5.41, 5.74) is 1.79. The van der Waals surface area contributed by atoms with Crippen LogP contribution in [0.2, 0.25) is 0 Å². The minimum absolute atomic E-state index is 0.0706. The molecular weight excluding hydrogens is 400 g/mol. The van der Waals surface area contributed by atoms with Crippen molar-refractivity contribution in [2.45, 2.75) is 46.1 Å². The number of carboxylic acids is 1. The molecule has 0 saturated heterocycles. The van der Waals surface area contributed by atoms with Gasteiger partial charge in [0.15, 0.2) is 6.04 Å². The van der Waals surface area contributed by atoms with Crippen LogP contribution >= 0.6 is 0 Å². The lowest BCUT2D eigenvalue weighted by molar-refractivity contribution is -0.116. The number of nitroso groups, excluding NO2 is 1. The van der Waals surface area contributed by atoms with Gasteiger partial charge in [0.05, 0.1) is 0 Å². The molecule has 1 unspecified atom stereocenters. The van der Waals surface area contributed by atoms with Crippen LogP contribution in [0.5, 0.6) is 11.5 Å². The van der Waals surface area contributed by atoms with Gasteiger partial charge in [0.2, 0.25) is 5.91 Å². The molecule has 2 aromatic rings. The Hall–Kier alpha value is -3.42. The Morgan fingerprint density at radius 2 is 1.84 bits per heavy atom. The predicted octanol–water partition coefficient (Wildman–Crippen LogP) is 4.65. The number of anilines is 1. The molecule has 166 valence electrons. The molecule has 1 atom stereocenters. The van der Waals surface area contributed by atoms with Gasteiger partial charge in [-0.1, -0.05) is 38.1 Å². The summed E-state index contributed by atoms with van der Waals surface area (Å²) in [5.74, 6) is -1.53. The number of aromatic carboxylic acids is 1. The Kier molecular flexibility index (Phi) is 7.38. The minimum Gasteiger partial charge on any atom is -0.507 e. The standard InChI is InChI=1S/C23H28N2O6/c1-6-25(14(2)26)20-10-7-15(11-18(20)23(3,4)5)19(24-30)13-31-16-8-9-17(22(28)29)21(27)12-16/h7-12,19,27H,6,13H2,1-5H3,(H,28,29). The van der Waals surface area contributed by atoms with E-state index in [0.717, 1.165) is 11.3 Å². The van der Waals surface area contributed by atoms with Gasteiger partial charge in [0, 0.05) is 25.2 Å². The van der Waals surface area contributed by atoms with Crippen LogP contribution in [0, 0.1) is 4.91 Å². The molecule has 0 aromatic heterocycles. The number of phenols is 1. The monoisotopic (exact) mass is 428 g/mol. The molecule has 0 aliphatic carbocycles. The van der Waals surface area contributed by atoms with E-state index in [0.29, 0.717) is 12.1 Å². The molecule has 0 fully saturated rings. The average Bonchev–Trinajstić information content (AvgIpc) is 2.68. The van der Waals surface area contributed by atoms with Crippen LogP contribution < -0.4 is 9.64 Å². The number of hydrogen-bond acceptors (Lipinski definition) is 6. The fourth-order valence-corrected chi connectivity index (χ4v) is 3.30. The molecule has 0 bridgehead atoms. The Morgan fingerprint density at radius 1 is 1.16 bits per heavy atom. The molecule has 31 heavy (non-hydrogen) atoms. The fraction of sp³-hybridized carbons (Fsp3) is 0.391. The van der Waals surface area contributed by atoms with Crippen molar-refractivity contribution in [3.8, 4) is 11.5 Å². The van der Waals surface area contributed by atoms with E-state index in [9.17, 15) is 19.6 Å². The summed E-state index contributed by atoms with van der Waals surface area (Å²) in [7, 11) is 0. The molecule has 2 aromatic carbocycles. The fourth-order valence-electron chi connectivity index (χ4n) is 3.30. The van der Waals surface area contributed by atoms with E-state index in [1.807, 2.05) is 39.8 Å². The Balaban J connectivity index is 2.33. The lowest BCUT2D eigenvalue weighted by atomic mass is 9.83. The van der Waals surface area contributed by atoms with E-state index in [-0.39, 0.29) is 29.2 Å². The summed E-state index contributed by atoms with van der Waals surface area (Å²) in [6.45, 7) is 9.91. The van der Waals surface area contributed by atoms with Crippen LogP contribution in [-0.4, -0.2) is 35.2 Å². The number of hydrogen-bond donors (Lipinski definition) is 2. The number of carbonyl (C=O) groups is 2. The highest BCUT2D eigenvalue weighted by Gasteiger charge is 2.25. The number of nitrogens with zero attached hydrogens (tertiary/aromatic N) is 2. The Bertz CT molecular complexity index is 981. The van der Waals surface area contributed by atoms with Crippen LogP contribution in [0.4, 0.5) is 5.69 Å². The van der Waals surface area contributed by atoms with Crippen molar-refractivity contribution in [2.75, 3.05) is 18.1 Å². The molecule has 0 aliphatic heterocycles. The van der Waals surface area contributed by atoms with Crippen LogP contribution in [0.15, 0.2) is 41.6 Å². The van der Waals surface area contributed by atoms with Crippen molar-refractivity contribution in [1.82, 2.24) is 0 Å². The number of carboxylic acid groups (broad SMARTS) is 1. The first-order chi connectivity index (χ1) is 14.5. The van der Waals surface area contributed by atoms with Crippen molar-refractivity contribution < 1.29 is 24.5 Å². The molecule has 0 radical (unpaired) electrons. The minimum atomic E-state index is -1.25. The summed E-state index contributed by atoms with van der Waals surface area (Å²) in [5, 5.41) is 22.0. The van der Waals surface area contributed by atoms with E-state index in [4.69, 9.17) is 9.84 Å². The lowest BCUT2D eigenvalue weighted by Gasteiger charge is -2.30. The maximum Gasteiger partial charge on any atom is 0.339 e. The summed E-state index contributed by atoms with van der Waals surface area (Å²) in [6.07, 6.45) is 0. The summed E-state index contributed by atoms with van der Waals surface area (Å²) < 4.78 is 5.58. The van der Waals surface area contributed by atoms with Gasteiger partial charge in [-0.25, -0.2) is 4.79 Å². The molecule has 0 spiro atoms. The summed E-state index contributed by atoms with van der Waals surface area (Å²) >= 11 is 0. The zero-order valence-electron chi connectivity index (χ0n) is 18.4. The van der Waals surface area contributed by atoms with E-state index in [2.05, 4.69) is 5.18 Å². The largest absolute Gasteiger partial charge is 0.507 e. The Morgan fingerprint density at radius 3 is 2.32 bits per heavy atom. The van der Waals surface area contributed by atoms with E-state index in [1.54, 1.807) is 11.0 Å². The van der Waals surface area contributed by atoms with Gasteiger partial charge in [0.25, 0.3) is 0 Å². The lowest BCUT2D eigenvalue weighted by Crippen LogP contribution is -2.31. The smallest absolute Gasteiger partial charge is 0.339 e. The van der Waals surface area contributed by atoms with Gasteiger partial charge >= 0.3 is 5.97 Å². The first-order valence-electron chi connectivity index (χ1n) is 9.93. The molecule has 2 N–H and O–H groups in total. The molecule has 2 rings (SSSR count). The van der Waals surface area contributed by atoms with Crippen LogP contribution in [-0.2, 0) is 10.2 Å². The molecule has 0 saturated carbocycles. The maximum atomic E-state index is 12.1. The molecule has 1 amide bonds. The van der Waals surface area contributed by atoms with Gasteiger partial charge in [-0.15, -0.1) is 0 Å². The zero-order valence-corrected chi connectivity index (χ0v) is 18.4. The van der Waals surface area contributed by atoms with Crippen LogP contribution in [0.3, 0.4) is 0 Å². The summed E-state index contributed by atoms with van der Waals surface area (Å²) in [4.78, 5) is 36.3. The highest BCUT2D eigenvalue weighted by atomic mass is 16.5. The van der Waals surface area contributed by atoms with E-state index in [1.165, 1.54) is 25.1 Å². The first-order valence-corrected chi connectivity index (χ1v) is 9.93. The summed E-state index contributed by atoms with van der Waals surface area (Å²) in [6, 6.07) is 8.40. The number of carbonyl (C=O) groups excluding carboxylic acids is 1. The number of ether oxygens (including phenoxy) is 1. The van der Waals surface area contributed by atoms with Crippen molar-refractivity contribution in [1.29, 1.82) is 0 Å². The second kappa shape index (κ2) is 9.59. The predicted molar refractivity (Wildman–Crippen MR) is 118 cm³/mol. The quantitative estimate of drug-likeness (QED) is 0.591. The van der Waals surface area contributed by atoms with Gasteiger partial charge in [-0.05, 0) is 41.7 Å². The molecule has 8 heteroatoms. The normalized spacial score (nSPS) is 12.2. The van der Waals surface area contributed by atoms with Crippen molar-refractivity contribution in [3.63, 3.8) is 0 Å². The van der Waals surface area contributed by atoms with Gasteiger partial charge < -0.3 is 19.8 Å². The molecule has 0 aliphatic rings. The highest BCUT2D eigenvalue weighted by molar-refractivity contribution is 5.92. The van der Waals surface area contributed by atoms with Crippen molar-refractivity contribution in [3.05, 3.63) is 58.0 Å². The maximum absolute atomic E-state index is 12.1. The Labute approximate surface area is 181 Å². The second-order valence-corrected chi connectivity index (χ2v) is 8.21. The van der Waals surface area contributed by atoms with Gasteiger partial charge in [-0.2, -0.15) is 4.91 Å². The first kappa shape index (κ1) is 23.9. The second-order valence-electron chi connectivity index (χ2n) is 8.21. The average molecular weight is 428 g/mol. The van der Waals surface area contributed by atoms with Crippen LogP contribution in [0.1, 0.15) is 62.1 Å². The van der Waals surface area contributed by atoms with Gasteiger partial charge in [0.1, 0.15) is 23.7 Å². The molecular formula is C23H28N2O6. The number of benzene rings is 2. The topological polar surface area (TPSA) is 116 Å². The number of amides is 1. The zero-order chi connectivity index (χ0) is 23.3. The SMILES string of the molecule is CCN(C(C)=O)c1ccc(C(COc2ccc(C(=O)O)c(O)c2)N=O)cc1C(C)(C)C. The highest BCUT2D eigenvalue weighted by Crippen LogP contribution is 2.35. The third-order valence-corrected chi connectivity index (χ3v) is 4.94. The third kappa shape index (κ3) is 5.59. The molecule has 8 nitrogen and oxygen atoms in total. The van der Waals surface area contributed by atoms with Crippen LogP contribution in [0.25, 0.3) is 0 Å². The van der Waals surface area contributed by atoms with E-state index < -0.39 is 17.8 Å². The van der Waals surface area contributed by atoms with Gasteiger partial charge in [-0.3, -0.25) is 4.79 Å².